The average molecular weight is 545 g/mol. The van der Waals surface area contributed by atoms with Crippen LogP contribution >= 0.6 is 11.6 Å². The fourth-order valence-corrected chi connectivity index (χ4v) is 6.00. The third-order valence-electron chi connectivity index (χ3n) is 7.22. The maximum atomic E-state index is 13.1. The number of carbonyl (C=O) groups is 1. The zero-order chi connectivity index (χ0) is 25.8. The molecule has 0 N–H and O–H groups in total. The van der Waals surface area contributed by atoms with E-state index in [4.69, 9.17) is 16.3 Å². The molecule has 3 aliphatic rings. The van der Waals surface area contributed by atoms with Gasteiger partial charge in [-0.1, -0.05) is 11.6 Å². The summed E-state index contributed by atoms with van der Waals surface area (Å²) in [6, 6.07) is 9.65. The second-order valence-corrected chi connectivity index (χ2v) is 11.3. The van der Waals surface area contributed by atoms with Crippen LogP contribution in [0, 0.1) is 0 Å². The molecule has 2 aromatic rings. The number of carbonyl (C=O) groups excluding carboxylic acids is 1. The molecule has 0 aromatic heterocycles. The lowest BCUT2D eigenvalue weighted by atomic mass is 9.98. The van der Waals surface area contributed by atoms with Crippen LogP contribution in [0.3, 0.4) is 0 Å². The Balaban J connectivity index is 1.29. The van der Waals surface area contributed by atoms with Crippen molar-refractivity contribution in [2.24, 2.45) is 0 Å². The van der Waals surface area contributed by atoms with Crippen LogP contribution in [0.4, 0.5) is 18.9 Å². The van der Waals surface area contributed by atoms with Gasteiger partial charge in [-0.3, -0.25) is 4.79 Å². The highest BCUT2D eigenvalue weighted by molar-refractivity contribution is 7.88. The first-order valence-electron chi connectivity index (χ1n) is 11.6. The lowest BCUT2D eigenvalue weighted by Crippen LogP contribution is -2.43. The molecule has 0 saturated carbocycles. The number of ether oxygens (including phenoxy) is 1. The number of piperidine rings is 1. The Labute approximate surface area is 211 Å². The molecule has 2 fully saturated rings. The molecule has 0 unspecified atom stereocenters. The number of anilines is 1. The first kappa shape index (κ1) is 25.2. The molecule has 2 bridgehead atoms. The van der Waals surface area contributed by atoms with Gasteiger partial charge in [0.1, 0.15) is 17.6 Å². The van der Waals surface area contributed by atoms with Crippen molar-refractivity contribution in [3.63, 3.8) is 0 Å². The Morgan fingerprint density at radius 3 is 2.39 bits per heavy atom. The summed E-state index contributed by atoms with van der Waals surface area (Å²) >= 11 is 6.51. The second-order valence-electron chi connectivity index (χ2n) is 9.39. The number of hydrogen-bond donors (Lipinski definition) is 0. The third kappa shape index (κ3) is 4.64. The van der Waals surface area contributed by atoms with Crippen molar-refractivity contribution in [2.75, 3.05) is 18.5 Å². The Bertz CT molecular complexity index is 1290. The molecule has 2 saturated heterocycles. The number of nitrogens with zero attached hydrogens (tertiary/aromatic N) is 2. The van der Waals surface area contributed by atoms with Gasteiger partial charge in [-0.2, -0.15) is 21.6 Å². The molecule has 3 heterocycles. The smallest absolute Gasteiger partial charge is 0.489 e. The van der Waals surface area contributed by atoms with Crippen molar-refractivity contribution in [1.82, 2.24) is 4.90 Å². The molecule has 3 atom stereocenters. The zero-order valence-electron chi connectivity index (χ0n) is 19.3. The lowest BCUT2D eigenvalue weighted by molar-refractivity contribution is -0.0500. The van der Waals surface area contributed by atoms with Crippen LogP contribution in [-0.4, -0.2) is 56.5 Å². The topological polar surface area (TPSA) is 76.2 Å². The first-order valence-corrected chi connectivity index (χ1v) is 13.4. The summed E-state index contributed by atoms with van der Waals surface area (Å²) in [6.45, 7) is 0.232. The van der Waals surface area contributed by atoms with Crippen LogP contribution in [0.2, 0.25) is 5.02 Å². The van der Waals surface area contributed by atoms with Gasteiger partial charge in [-0.15, -0.1) is 0 Å². The first-order chi connectivity index (χ1) is 16.9. The van der Waals surface area contributed by atoms with Gasteiger partial charge in [0.2, 0.25) is 0 Å². The number of fused-ring (bicyclic) bond motifs is 3. The maximum absolute atomic E-state index is 13.1. The predicted octanol–water partition coefficient (Wildman–Crippen LogP) is 4.78. The zero-order valence-corrected chi connectivity index (χ0v) is 20.9. The highest BCUT2D eigenvalue weighted by Gasteiger charge is 2.48. The van der Waals surface area contributed by atoms with Crippen LogP contribution in [0.5, 0.6) is 11.5 Å². The van der Waals surface area contributed by atoms with Gasteiger partial charge >= 0.3 is 15.6 Å². The Kier molecular flexibility index (Phi) is 6.37. The molecule has 5 rings (SSSR count). The molecule has 0 radical (unpaired) electrons. The number of halogens is 4. The standard InChI is InChI=1S/C24H24ClF3N2O5S/c1-29-15-2-3-16(29)12-19(11-15)34-22-7-4-17(13-21(22)25)30-9-8-14-10-18(5-6-20(14)23(30)31)35-36(32,33)24(26,27)28/h4-7,10,13,15-16,19H,2-3,8-9,11-12H2,1H3/t15-,16+,19-. The summed E-state index contributed by atoms with van der Waals surface area (Å²) in [4.78, 5) is 17.0. The van der Waals surface area contributed by atoms with Gasteiger partial charge in [0.15, 0.2) is 0 Å². The predicted molar refractivity (Wildman–Crippen MR) is 127 cm³/mol. The van der Waals surface area contributed by atoms with Gasteiger partial charge in [-0.25, -0.2) is 0 Å². The van der Waals surface area contributed by atoms with Crippen molar-refractivity contribution in [1.29, 1.82) is 0 Å². The van der Waals surface area contributed by atoms with E-state index < -0.39 is 21.4 Å². The number of rotatable bonds is 5. The van der Waals surface area contributed by atoms with E-state index in [9.17, 15) is 26.4 Å². The fourth-order valence-electron chi connectivity index (χ4n) is 5.33. The van der Waals surface area contributed by atoms with E-state index in [1.807, 2.05) is 0 Å². The number of amides is 1. The van der Waals surface area contributed by atoms with E-state index in [2.05, 4.69) is 16.1 Å². The van der Waals surface area contributed by atoms with Crippen molar-refractivity contribution >= 4 is 33.3 Å². The quantitative estimate of drug-likeness (QED) is 0.398. The van der Waals surface area contributed by atoms with Gasteiger partial charge in [-0.05, 0) is 81.1 Å². The minimum absolute atomic E-state index is 0.0862. The summed E-state index contributed by atoms with van der Waals surface area (Å²) in [7, 11) is -3.63. The van der Waals surface area contributed by atoms with E-state index in [0.717, 1.165) is 25.0 Å². The van der Waals surface area contributed by atoms with Gasteiger partial charge in [0.25, 0.3) is 5.91 Å². The van der Waals surface area contributed by atoms with Crippen molar-refractivity contribution in [3.8, 4) is 11.5 Å². The highest BCUT2D eigenvalue weighted by Crippen LogP contribution is 2.39. The van der Waals surface area contributed by atoms with Crippen LogP contribution in [0.15, 0.2) is 36.4 Å². The maximum Gasteiger partial charge on any atom is 0.534 e. The average Bonchev–Trinajstić information content (AvgIpc) is 3.00. The minimum Gasteiger partial charge on any atom is -0.489 e. The van der Waals surface area contributed by atoms with E-state index in [1.54, 1.807) is 18.2 Å². The van der Waals surface area contributed by atoms with Crippen molar-refractivity contribution in [3.05, 3.63) is 52.5 Å². The highest BCUT2D eigenvalue weighted by atomic mass is 35.5. The fraction of sp³-hybridized carbons (Fsp3) is 0.458. The Morgan fingerprint density at radius 1 is 1.06 bits per heavy atom. The van der Waals surface area contributed by atoms with E-state index in [-0.39, 0.29) is 24.1 Å². The van der Waals surface area contributed by atoms with Crippen LogP contribution in [0.25, 0.3) is 0 Å². The Hall–Kier alpha value is -2.50. The van der Waals surface area contributed by atoms with Gasteiger partial charge < -0.3 is 18.7 Å². The molecular formula is C24H24ClF3N2O5S. The second kappa shape index (κ2) is 9.11. The normalized spacial score (nSPS) is 24.5. The van der Waals surface area contributed by atoms with Crippen LogP contribution in [-0.2, 0) is 16.5 Å². The van der Waals surface area contributed by atoms with E-state index >= 15 is 0 Å². The number of benzene rings is 2. The lowest BCUT2D eigenvalue weighted by Gasteiger charge is -2.36. The summed E-state index contributed by atoms with van der Waals surface area (Å²) in [5.74, 6) is -0.316. The van der Waals surface area contributed by atoms with E-state index in [1.165, 1.54) is 23.8 Å². The van der Waals surface area contributed by atoms with E-state index in [0.29, 0.717) is 40.5 Å². The molecule has 36 heavy (non-hydrogen) atoms. The van der Waals surface area contributed by atoms with Crippen molar-refractivity contribution < 1.29 is 35.3 Å². The molecule has 2 aromatic carbocycles. The van der Waals surface area contributed by atoms with Gasteiger partial charge in [0.05, 0.1) is 5.02 Å². The molecule has 0 aliphatic carbocycles. The Morgan fingerprint density at radius 2 is 1.75 bits per heavy atom. The molecular weight excluding hydrogens is 521 g/mol. The molecule has 194 valence electrons. The van der Waals surface area contributed by atoms with Crippen molar-refractivity contribution in [2.45, 2.75) is 55.8 Å². The SMILES string of the molecule is CN1[C@@H]2CC[C@H]1C[C@H](Oc1ccc(N3CCc4cc(OS(=O)(=O)C(F)(F)F)ccc4C3=O)cc1Cl)C2. The molecule has 3 aliphatic heterocycles. The van der Waals surface area contributed by atoms with Crippen LogP contribution in [0.1, 0.15) is 41.6 Å². The number of alkyl halides is 3. The molecule has 0 spiro atoms. The molecule has 1 amide bonds. The molecule has 12 heteroatoms. The van der Waals surface area contributed by atoms with Gasteiger partial charge in [0, 0.05) is 29.9 Å². The summed E-state index contributed by atoms with van der Waals surface area (Å²) in [5, 5.41) is 0.387. The number of hydrogen-bond acceptors (Lipinski definition) is 6. The summed E-state index contributed by atoms with van der Waals surface area (Å²) in [5.41, 5.74) is -4.34. The third-order valence-corrected chi connectivity index (χ3v) is 8.50. The monoisotopic (exact) mass is 544 g/mol. The summed E-state index contributed by atoms with van der Waals surface area (Å²) < 4.78 is 70.8. The molecule has 7 nitrogen and oxygen atoms in total. The summed E-state index contributed by atoms with van der Waals surface area (Å²) in [6.07, 6.45) is 4.63. The van der Waals surface area contributed by atoms with Crippen LogP contribution < -0.4 is 13.8 Å². The minimum atomic E-state index is -5.79. The largest absolute Gasteiger partial charge is 0.534 e.